The Bertz CT molecular complexity index is 1450. The zero-order chi connectivity index (χ0) is 21.9. The number of esters is 1. The lowest BCUT2D eigenvalue weighted by atomic mass is 10.1. The van der Waals surface area contributed by atoms with Crippen molar-refractivity contribution >= 4 is 61.8 Å². The van der Waals surface area contributed by atoms with Crippen molar-refractivity contribution in [1.29, 1.82) is 0 Å². The van der Waals surface area contributed by atoms with Gasteiger partial charge in [-0.25, -0.2) is 9.78 Å². The van der Waals surface area contributed by atoms with E-state index >= 15 is 0 Å². The van der Waals surface area contributed by atoms with Crippen LogP contribution in [-0.4, -0.2) is 15.9 Å². The van der Waals surface area contributed by atoms with Crippen molar-refractivity contribution in [2.24, 2.45) is 0 Å². The summed E-state index contributed by atoms with van der Waals surface area (Å²) in [5.41, 5.74) is 2.05. The topological polar surface area (TPSA) is 72.0 Å². The van der Waals surface area contributed by atoms with Crippen LogP contribution in [0.3, 0.4) is 0 Å². The van der Waals surface area contributed by atoms with Crippen LogP contribution in [0.2, 0.25) is 0 Å². The summed E-state index contributed by atoms with van der Waals surface area (Å²) < 4.78 is 5.53. The highest BCUT2D eigenvalue weighted by molar-refractivity contribution is 7.17. The second-order valence-corrected chi connectivity index (χ2v) is 9.62. The molecule has 1 N–H and O–H groups in total. The third kappa shape index (κ3) is 4.20. The first-order chi connectivity index (χ1) is 15.7. The van der Waals surface area contributed by atoms with Crippen molar-refractivity contribution in [2.45, 2.75) is 6.61 Å². The molecule has 0 amide bonds. The number of rotatable bonds is 6. The van der Waals surface area contributed by atoms with Crippen LogP contribution in [0.1, 0.15) is 15.6 Å². The molecule has 0 bridgehead atoms. The summed E-state index contributed by atoms with van der Waals surface area (Å²) in [5, 5.41) is 6.35. The number of benzene rings is 1. The zero-order valence-corrected chi connectivity index (χ0v) is 19.1. The van der Waals surface area contributed by atoms with Crippen molar-refractivity contribution in [2.75, 3.05) is 0 Å². The number of H-pyrrole nitrogens is 1. The van der Waals surface area contributed by atoms with Gasteiger partial charge in [0.15, 0.2) is 0 Å². The van der Waals surface area contributed by atoms with Crippen molar-refractivity contribution in [3.05, 3.63) is 96.7 Å². The molecule has 5 aromatic rings. The smallest absolute Gasteiger partial charge is 0.340 e. The lowest BCUT2D eigenvalue weighted by Crippen LogP contribution is -2.14. The highest BCUT2D eigenvalue weighted by Crippen LogP contribution is 2.31. The number of carbonyl (C=O) groups excluding carboxylic acids is 1. The van der Waals surface area contributed by atoms with Gasteiger partial charge in [0.05, 0.1) is 11.0 Å². The van der Waals surface area contributed by atoms with Gasteiger partial charge in [0.25, 0.3) is 5.56 Å². The second-order valence-electron chi connectivity index (χ2n) is 6.84. The Morgan fingerprint density at radius 2 is 1.81 bits per heavy atom. The molecule has 4 heterocycles. The third-order valence-corrected chi connectivity index (χ3v) is 7.35. The standard InChI is InChI=1S/C24H16N2O3S3/c27-22-21-18(15-6-2-1-3-7-15)14-32-23(21)26-20(25-22)13-29-24(28)17(19-9-5-11-31-19)12-16-8-4-10-30-16/h1-12,14H,13H2,(H,25,26,27). The van der Waals surface area contributed by atoms with Crippen LogP contribution < -0.4 is 5.56 Å². The molecule has 0 spiro atoms. The van der Waals surface area contributed by atoms with E-state index in [-0.39, 0.29) is 12.2 Å². The first-order valence-electron chi connectivity index (χ1n) is 9.71. The lowest BCUT2D eigenvalue weighted by Gasteiger charge is -2.07. The molecule has 4 aromatic heterocycles. The van der Waals surface area contributed by atoms with Crippen molar-refractivity contribution in [3.63, 3.8) is 0 Å². The summed E-state index contributed by atoms with van der Waals surface area (Å²) in [6.45, 7) is -0.115. The molecule has 32 heavy (non-hydrogen) atoms. The molecule has 0 atom stereocenters. The molecule has 0 saturated carbocycles. The molecular formula is C24H16N2O3S3. The Morgan fingerprint density at radius 3 is 2.56 bits per heavy atom. The maximum atomic E-state index is 12.9. The van der Waals surface area contributed by atoms with Crippen LogP contribution in [-0.2, 0) is 16.1 Å². The van der Waals surface area contributed by atoms with Crippen LogP contribution in [0.25, 0.3) is 33.0 Å². The van der Waals surface area contributed by atoms with E-state index in [4.69, 9.17) is 4.74 Å². The summed E-state index contributed by atoms with van der Waals surface area (Å²) in [6.07, 6.45) is 1.82. The fourth-order valence-corrected chi connectivity index (χ4v) is 5.64. The number of ether oxygens (including phenoxy) is 1. The van der Waals surface area contributed by atoms with Crippen molar-refractivity contribution in [3.8, 4) is 11.1 Å². The number of carbonyl (C=O) groups is 1. The molecule has 0 saturated heterocycles. The van der Waals surface area contributed by atoms with Gasteiger partial charge in [0.1, 0.15) is 17.3 Å². The fraction of sp³-hybridized carbons (Fsp3) is 0.0417. The van der Waals surface area contributed by atoms with Gasteiger partial charge in [-0.05, 0) is 34.5 Å². The summed E-state index contributed by atoms with van der Waals surface area (Å²) in [6, 6.07) is 17.4. The molecule has 1 aromatic carbocycles. The maximum Gasteiger partial charge on any atom is 0.340 e. The average Bonchev–Trinajstić information content (AvgIpc) is 3.58. The summed E-state index contributed by atoms with van der Waals surface area (Å²) in [7, 11) is 0. The number of fused-ring (bicyclic) bond motifs is 1. The highest BCUT2D eigenvalue weighted by Gasteiger charge is 2.17. The maximum absolute atomic E-state index is 12.9. The van der Waals surface area contributed by atoms with Gasteiger partial charge in [-0.1, -0.05) is 42.5 Å². The van der Waals surface area contributed by atoms with Crippen LogP contribution in [0.4, 0.5) is 0 Å². The van der Waals surface area contributed by atoms with E-state index in [1.807, 2.05) is 76.8 Å². The monoisotopic (exact) mass is 476 g/mol. The molecule has 0 aliphatic heterocycles. The number of thiophene rings is 3. The normalized spacial score (nSPS) is 11.7. The number of nitrogens with one attached hydrogen (secondary N) is 1. The largest absolute Gasteiger partial charge is 0.454 e. The summed E-state index contributed by atoms with van der Waals surface area (Å²) >= 11 is 4.42. The lowest BCUT2D eigenvalue weighted by molar-refractivity contribution is -0.138. The summed E-state index contributed by atoms with van der Waals surface area (Å²) in [4.78, 5) is 35.4. The van der Waals surface area contributed by atoms with Crippen molar-refractivity contribution < 1.29 is 9.53 Å². The fourth-order valence-electron chi connectivity index (χ4n) is 3.28. The molecule has 8 heteroatoms. The van der Waals surface area contributed by atoms with E-state index < -0.39 is 5.97 Å². The Hall–Kier alpha value is -3.33. The Labute approximate surface area is 195 Å². The second kappa shape index (κ2) is 9.04. The SMILES string of the molecule is O=C(OCc1nc2scc(-c3ccccc3)c2c(=O)[nH]1)C(=Cc1cccs1)c1cccs1. The molecule has 0 aliphatic rings. The first kappa shape index (κ1) is 20.6. The highest BCUT2D eigenvalue weighted by atomic mass is 32.1. The van der Waals surface area contributed by atoms with E-state index in [2.05, 4.69) is 9.97 Å². The minimum Gasteiger partial charge on any atom is -0.454 e. The molecule has 0 radical (unpaired) electrons. The number of hydrogen-bond donors (Lipinski definition) is 1. The first-order valence-corrected chi connectivity index (χ1v) is 12.3. The Kier molecular flexibility index (Phi) is 5.81. The van der Waals surface area contributed by atoms with Crippen LogP contribution in [0, 0.1) is 0 Å². The van der Waals surface area contributed by atoms with Crippen LogP contribution >= 0.6 is 34.0 Å². The van der Waals surface area contributed by atoms with Crippen LogP contribution in [0.15, 0.2) is 75.5 Å². The van der Waals surface area contributed by atoms with Crippen LogP contribution in [0.5, 0.6) is 0 Å². The predicted octanol–water partition coefficient (Wildman–Crippen LogP) is 6.06. The molecule has 5 rings (SSSR count). The quantitative estimate of drug-likeness (QED) is 0.239. The molecule has 5 nitrogen and oxygen atoms in total. The van der Waals surface area contributed by atoms with E-state index in [0.29, 0.717) is 21.6 Å². The minimum atomic E-state index is -0.459. The molecule has 0 unspecified atom stereocenters. The molecule has 0 aliphatic carbocycles. The zero-order valence-electron chi connectivity index (χ0n) is 16.6. The van der Waals surface area contributed by atoms with E-state index in [1.165, 1.54) is 22.7 Å². The molecule has 158 valence electrons. The van der Waals surface area contributed by atoms with E-state index in [9.17, 15) is 9.59 Å². The van der Waals surface area contributed by atoms with Crippen molar-refractivity contribution in [1.82, 2.24) is 9.97 Å². The van der Waals surface area contributed by atoms with Gasteiger partial charge in [-0.15, -0.1) is 34.0 Å². The Balaban J connectivity index is 1.40. The number of nitrogens with zero attached hydrogens (tertiary/aromatic N) is 1. The average molecular weight is 477 g/mol. The molecular weight excluding hydrogens is 460 g/mol. The minimum absolute atomic E-state index is 0.115. The molecule has 0 fully saturated rings. The Morgan fingerprint density at radius 1 is 1.00 bits per heavy atom. The van der Waals surface area contributed by atoms with Gasteiger partial charge >= 0.3 is 5.97 Å². The van der Waals surface area contributed by atoms with Gasteiger partial charge in [-0.3, -0.25) is 4.79 Å². The van der Waals surface area contributed by atoms with E-state index in [1.54, 1.807) is 11.3 Å². The van der Waals surface area contributed by atoms with E-state index in [0.717, 1.165) is 20.9 Å². The summed E-state index contributed by atoms with van der Waals surface area (Å²) in [5.74, 6) is -0.140. The number of aromatic nitrogens is 2. The number of hydrogen-bond acceptors (Lipinski definition) is 7. The van der Waals surface area contributed by atoms with Gasteiger partial charge in [0.2, 0.25) is 0 Å². The predicted molar refractivity (Wildman–Crippen MR) is 132 cm³/mol. The van der Waals surface area contributed by atoms with Gasteiger partial charge < -0.3 is 9.72 Å². The van der Waals surface area contributed by atoms with Gasteiger partial charge in [-0.2, -0.15) is 0 Å². The third-order valence-electron chi connectivity index (χ3n) is 4.75. The van der Waals surface area contributed by atoms with Gasteiger partial charge in [0, 0.05) is 20.7 Å². The number of aromatic amines is 1.